The molecule has 0 unspecified atom stereocenters. The van der Waals surface area contributed by atoms with E-state index in [4.69, 9.17) is 16.0 Å². The van der Waals surface area contributed by atoms with Gasteiger partial charge in [-0.05, 0) is 44.0 Å². The molecule has 0 bridgehead atoms. The summed E-state index contributed by atoms with van der Waals surface area (Å²) in [6, 6.07) is 6.17. The molecule has 0 atom stereocenters. The Kier molecular flexibility index (Phi) is 5.60. The Labute approximate surface area is 164 Å². The first-order valence-corrected chi connectivity index (χ1v) is 10.5. The first-order valence-electron chi connectivity index (χ1n) is 8.65. The maximum absolute atomic E-state index is 12.8. The normalized spacial score (nSPS) is 16.4. The number of rotatable bonds is 4. The number of carbonyl (C=O) groups is 1. The molecule has 146 valence electrons. The number of halogens is 1. The molecule has 0 N–H and O–H groups in total. The number of oxazole rings is 1. The highest BCUT2D eigenvalue weighted by Crippen LogP contribution is 2.31. The van der Waals surface area contributed by atoms with E-state index in [0.29, 0.717) is 48.3 Å². The fraction of sp³-hybridized carbons (Fsp3) is 0.444. The smallest absolute Gasteiger partial charge is 0.275 e. The van der Waals surface area contributed by atoms with Crippen LogP contribution in [0.3, 0.4) is 0 Å². The van der Waals surface area contributed by atoms with Crippen LogP contribution in [0, 0.1) is 6.92 Å². The van der Waals surface area contributed by atoms with Crippen molar-refractivity contribution >= 4 is 27.5 Å². The quantitative estimate of drug-likeness (QED) is 0.772. The number of sulfonamides is 1. The van der Waals surface area contributed by atoms with Crippen LogP contribution in [0.1, 0.15) is 40.9 Å². The van der Waals surface area contributed by atoms with Crippen molar-refractivity contribution in [1.29, 1.82) is 0 Å². The van der Waals surface area contributed by atoms with Gasteiger partial charge in [-0.15, -0.1) is 0 Å². The summed E-state index contributed by atoms with van der Waals surface area (Å²) in [6.45, 7) is 2.45. The van der Waals surface area contributed by atoms with E-state index in [1.54, 1.807) is 33.2 Å². The topological polar surface area (TPSA) is 83.7 Å². The molecule has 0 aliphatic carbocycles. The highest BCUT2D eigenvalue weighted by molar-refractivity contribution is 7.89. The van der Waals surface area contributed by atoms with Gasteiger partial charge in [-0.1, -0.05) is 11.6 Å². The number of benzene rings is 1. The molecule has 1 amide bonds. The average Bonchev–Trinajstić information content (AvgIpc) is 3.03. The monoisotopic (exact) mass is 411 g/mol. The number of nitrogens with zero attached hydrogens (tertiary/aromatic N) is 3. The van der Waals surface area contributed by atoms with E-state index in [1.165, 1.54) is 21.3 Å². The molecule has 27 heavy (non-hydrogen) atoms. The number of carbonyl (C=O) groups excluding carboxylic acids is 1. The Morgan fingerprint density at radius 1 is 1.22 bits per heavy atom. The second-order valence-corrected chi connectivity index (χ2v) is 9.16. The van der Waals surface area contributed by atoms with Gasteiger partial charge in [0.2, 0.25) is 10.0 Å². The van der Waals surface area contributed by atoms with E-state index < -0.39 is 10.0 Å². The zero-order valence-corrected chi connectivity index (χ0v) is 17.0. The van der Waals surface area contributed by atoms with Crippen LogP contribution in [-0.4, -0.2) is 55.7 Å². The minimum atomic E-state index is -3.55. The fourth-order valence-corrected chi connectivity index (χ4v) is 4.70. The van der Waals surface area contributed by atoms with E-state index in [-0.39, 0.29) is 16.7 Å². The molecular weight excluding hydrogens is 390 g/mol. The lowest BCUT2D eigenvalue weighted by molar-refractivity contribution is 0.0821. The molecular formula is C18H22ClN3O4S. The van der Waals surface area contributed by atoms with Crippen molar-refractivity contribution in [3.05, 3.63) is 46.6 Å². The first kappa shape index (κ1) is 19.9. The van der Waals surface area contributed by atoms with Gasteiger partial charge in [-0.3, -0.25) is 4.79 Å². The van der Waals surface area contributed by atoms with Gasteiger partial charge < -0.3 is 9.32 Å². The van der Waals surface area contributed by atoms with Gasteiger partial charge in [-0.25, -0.2) is 13.4 Å². The van der Waals surface area contributed by atoms with E-state index in [1.807, 2.05) is 0 Å². The molecule has 1 aliphatic rings. The Hall–Kier alpha value is -1.90. The maximum Gasteiger partial charge on any atom is 0.275 e. The molecule has 1 saturated heterocycles. The van der Waals surface area contributed by atoms with Crippen LogP contribution in [0.25, 0.3) is 0 Å². The summed E-state index contributed by atoms with van der Waals surface area (Å²) in [5.41, 5.74) is 0.311. The average molecular weight is 412 g/mol. The van der Waals surface area contributed by atoms with E-state index >= 15 is 0 Å². The lowest BCUT2D eigenvalue weighted by Crippen LogP contribution is -2.38. The number of hydrogen-bond donors (Lipinski definition) is 0. The molecule has 3 rings (SSSR count). The standard InChI is InChI=1S/C18H22ClN3O4S/c1-12-16(18(23)21(2)3)20-17(26-12)13-8-10-22(11-9-13)27(24,25)15-6-4-14(19)5-7-15/h4-7,13H,8-11H2,1-3H3. The predicted octanol–water partition coefficient (Wildman–Crippen LogP) is 2.91. The van der Waals surface area contributed by atoms with Crippen LogP contribution in [0.2, 0.25) is 5.02 Å². The van der Waals surface area contributed by atoms with Crippen molar-refractivity contribution in [2.75, 3.05) is 27.2 Å². The van der Waals surface area contributed by atoms with Crippen LogP contribution >= 0.6 is 11.6 Å². The van der Waals surface area contributed by atoms with Crippen LogP contribution in [0.4, 0.5) is 0 Å². The van der Waals surface area contributed by atoms with Crippen molar-refractivity contribution in [1.82, 2.24) is 14.2 Å². The van der Waals surface area contributed by atoms with Crippen molar-refractivity contribution < 1.29 is 17.6 Å². The minimum Gasteiger partial charge on any atom is -0.445 e. The highest BCUT2D eigenvalue weighted by Gasteiger charge is 2.32. The minimum absolute atomic E-state index is 0.0101. The summed E-state index contributed by atoms with van der Waals surface area (Å²) in [7, 11) is -0.223. The summed E-state index contributed by atoms with van der Waals surface area (Å²) < 4.78 is 32.7. The zero-order valence-electron chi connectivity index (χ0n) is 15.5. The van der Waals surface area contributed by atoms with E-state index in [2.05, 4.69) is 4.98 Å². The second kappa shape index (κ2) is 7.61. The number of amides is 1. The molecule has 0 radical (unpaired) electrons. The highest BCUT2D eigenvalue weighted by atomic mass is 35.5. The van der Waals surface area contributed by atoms with Crippen molar-refractivity contribution in [3.8, 4) is 0 Å². The van der Waals surface area contributed by atoms with Crippen LogP contribution in [0.15, 0.2) is 33.6 Å². The van der Waals surface area contributed by atoms with Crippen molar-refractivity contribution in [2.24, 2.45) is 0 Å². The third kappa shape index (κ3) is 4.02. The largest absolute Gasteiger partial charge is 0.445 e. The number of aromatic nitrogens is 1. The maximum atomic E-state index is 12.8. The molecule has 0 saturated carbocycles. The van der Waals surface area contributed by atoms with Crippen LogP contribution < -0.4 is 0 Å². The third-order valence-corrected chi connectivity index (χ3v) is 6.84. The Bertz CT molecular complexity index is 930. The molecule has 0 spiro atoms. The summed E-state index contributed by atoms with van der Waals surface area (Å²) in [5, 5.41) is 0.495. The lowest BCUT2D eigenvalue weighted by atomic mass is 9.98. The van der Waals surface area contributed by atoms with Gasteiger partial charge >= 0.3 is 0 Å². The first-order chi connectivity index (χ1) is 12.7. The fourth-order valence-electron chi connectivity index (χ4n) is 3.10. The van der Waals surface area contributed by atoms with Gasteiger partial charge in [0.05, 0.1) is 4.90 Å². The number of piperidine rings is 1. The Balaban J connectivity index is 1.71. The predicted molar refractivity (Wildman–Crippen MR) is 101 cm³/mol. The molecule has 2 heterocycles. The van der Waals surface area contributed by atoms with E-state index in [9.17, 15) is 13.2 Å². The van der Waals surface area contributed by atoms with Crippen molar-refractivity contribution in [3.63, 3.8) is 0 Å². The van der Waals surface area contributed by atoms with Crippen LogP contribution in [-0.2, 0) is 10.0 Å². The molecule has 1 aromatic carbocycles. The summed E-state index contributed by atoms with van der Waals surface area (Å²) in [6.07, 6.45) is 1.17. The molecule has 1 fully saturated rings. The van der Waals surface area contributed by atoms with Gasteiger partial charge in [0.1, 0.15) is 5.76 Å². The van der Waals surface area contributed by atoms with Crippen LogP contribution in [0.5, 0.6) is 0 Å². The van der Waals surface area contributed by atoms with Gasteiger partial charge in [0.25, 0.3) is 5.91 Å². The molecule has 1 aliphatic heterocycles. The number of hydrogen-bond acceptors (Lipinski definition) is 5. The molecule has 2 aromatic rings. The molecule has 1 aromatic heterocycles. The van der Waals surface area contributed by atoms with Gasteiger partial charge in [0, 0.05) is 38.1 Å². The third-order valence-electron chi connectivity index (χ3n) is 4.68. The SMILES string of the molecule is Cc1oc(C2CCN(S(=O)(=O)c3ccc(Cl)cc3)CC2)nc1C(=O)N(C)C. The Morgan fingerprint density at radius 2 is 1.81 bits per heavy atom. The summed E-state index contributed by atoms with van der Waals surface area (Å²) >= 11 is 5.84. The van der Waals surface area contributed by atoms with Gasteiger partial charge in [0.15, 0.2) is 11.6 Å². The second-order valence-electron chi connectivity index (χ2n) is 6.79. The Morgan fingerprint density at radius 3 is 2.37 bits per heavy atom. The van der Waals surface area contributed by atoms with Gasteiger partial charge in [-0.2, -0.15) is 4.31 Å². The van der Waals surface area contributed by atoms with Crippen molar-refractivity contribution in [2.45, 2.75) is 30.6 Å². The zero-order chi connectivity index (χ0) is 19.8. The lowest BCUT2D eigenvalue weighted by Gasteiger charge is -2.29. The number of aryl methyl sites for hydroxylation is 1. The summed E-state index contributed by atoms with van der Waals surface area (Å²) in [5.74, 6) is 0.774. The molecule has 9 heteroatoms. The summed E-state index contributed by atoms with van der Waals surface area (Å²) in [4.78, 5) is 18.2. The molecule has 7 nitrogen and oxygen atoms in total. The van der Waals surface area contributed by atoms with E-state index in [0.717, 1.165) is 0 Å².